The predicted octanol–water partition coefficient (Wildman–Crippen LogP) is -0.409. The van der Waals surface area contributed by atoms with Crippen molar-refractivity contribution in [1.29, 1.82) is 0 Å². The molecule has 1 heterocycles. The van der Waals surface area contributed by atoms with Crippen LogP contribution in [0, 0.1) is 0 Å². The van der Waals surface area contributed by atoms with E-state index in [4.69, 9.17) is 5.11 Å². The fourth-order valence-electron chi connectivity index (χ4n) is 1.10. The lowest BCUT2D eigenvalue weighted by atomic mass is 10.3. The second kappa shape index (κ2) is 4.48. The van der Waals surface area contributed by atoms with Crippen molar-refractivity contribution < 1.29 is 18.3 Å². The van der Waals surface area contributed by atoms with E-state index in [1.807, 2.05) is 0 Å². The predicted molar refractivity (Wildman–Crippen MR) is 57.4 cm³/mol. The van der Waals surface area contributed by atoms with Gasteiger partial charge in [0.2, 0.25) is 0 Å². The molecule has 1 rings (SSSR count). The van der Waals surface area contributed by atoms with Crippen molar-refractivity contribution in [2.24, 2.45) is 0 Å². The molecule has 0 unspecified atom stereocenters. The molecule has 16 heavy (non-hydrogen) atoms. The number of carboxylic acids is 1. The van der Waals surface area contributed by atoms with E-state index < -0.39 is 21.2 Å². The van der Waals surface area contributed by atoms with E-state index in [2.05, 4.69) is 0 Å². The monoisotopic (exact) mass is 245 g/mol. The minimum Gasteiger partial charge on any atom is -0.477 e. The molecule has 0 amide bonds. The molecule has 88 valence electrons. The minimum atomic E-state index is -3.11. The Morgan fingerprint density at radius 2 is 2.12 bits per heavy atom. The highest BCUT2D eigenvalue weighted by molar-refractivity contribution is 7.90. The Balaban J connectivity index is 2.96. The van der Waals surface area contributed by atoms with Gasteiger partial charge in [0.05, 0.1) is 5.75 Å². The lowest BCUT2D eigenvalue weighted by Gasteiger charge is -2.05. The molecule has 1 aromatic heterocycles. The molecule has 0 aliphatic rings. The van der Waals surface area contributed by atoms with Crippen LogP contribution in [-0.2, 0) is 16.4 Å². The molecule has 1 aromatic rings. The van der Waals surface area contributed by atoms with Crippen molar-refractivity contribution in [2.45, 2.75) is 6.54 Å². The maximum absolute atomic E-state index is 11.1. The molecule has 0 aromatic carbocycles. The van der Waals surface area contributed by atoms with Gasteiger partial charge < -0.3 is 9.67 Å². The average Bonchev–Trinajstić information content (AvgIpc) is 2.14. The third-order valence-corrected chi connectivity index (χ3v) is 2.85. The summed E-state index contributed by atoms with van der Waals surface area (Å²) in [6, 6.07) is 1.10. The fourth-order valence-corrected chi connectivity index (χ4v) is 1.64. The zero-order valence-electron chi connectivity index (χ0n) is 8.58. The van der Waals surface area contributed by atoms with E-state index in [9.17, 15) is 18.0 Å². The molecular weight excluding hydrogens is 234 g/mol. The van der Waals surface area contributed by atoms with Crippen molar-refractivity contribution in [2.75, 3.05) is 12.0 Å². The minimum absolute atomic E-state index is 0.102. The van der Waals surface area contributed by atoms with Crippen LogP contribution in [0.25, 0.3) is 0 Å². The summed E-state index contributed by atoms with van der Waals surface area (Å²) in [4.78, 5) is 21.7. The molecule has 0 radical (unpaired) electrons. The van der Waals surface area contributed by atoms with Crippen LogP contribution in [0.2, 0.25) is 0 Å². The number of sulfone groups is 1. The number of carbonyl (C=O) groups is 1. The number of rotatable bonds is 4. The molecule has 7 heteroatoms. The van der Waals surface area contributed by atoms with Gasteiger partial charge in [-0.25, -0.2) is 13.2 Å². The Bertz CT molecular complexity index is 558. The molecule has 1 N–H and O–H groups in total. The van der Waals surface area contributed by atoms with Crippen molar-refractivity contribution in [3.8, 4) is 0 Å². The summed E-state index contributed by atoms with van der Waals surface area (Å²) in [5.74, 6) is -1.42. The van der Waals surface area contributed by atoms with Crippen LogP contribution in [0.3, 0.4) is 0 Å². The Kier molecular flexibility index (Phi) is 3.48. The molecule has 0 aliphatic carbocycles. The Labute approximate surface area is 92.1 Å². The van der Waals surface area contributed by atoms with Crippen LogP contribution in [0.1, 0.15) is 10.4 Å². The van der Waals surface area contributed by atoms with E-state index in [1.54, 1.807) is 0 Å². The lowest BCUT2D eigenvalue weighted by Crippen LogP contribution is -2.18. The van der Waals surface area contributed by atoms with Crippen LogP contribution in [0.15, 0.2) is 23.3 Å². The smallest absolute Gasteiger partial charge is 0.341 e. The third-order valence-electron chi connectivity index (χ3n) is 1.93. The standard InChI is InChI=1S/C9H11NO5S/c1-16(14,15)5-4-10-3-2-8(11)7(6-10)9(12)13/h2-3,6H,4-5H2,1H3,(H,12,13). The van der Waals surface area contributed by atoms with Crippen LogP contribution in [0.4, 0.5) is 0 Å². The maximum Gasteiger partial charge on any atom is 0.341 e. The quantitative estimate of drug-likeness (QED) is 0.778. The van der Waals surface area contributed by atoms with E-state index in [1.165, 1.54) is 10.8 Å². The zero-order valence-corrected chi connectivity index (χ0v) is 9.40. The first kappa shape index (κ1) is 12.4. The van der Waals surface area contributed by atoms with Gasteiger partial charge in [-0.2, -0.15) is 0 Å². The van der Waals surface area contributed by atoms with E-state index >= 15 is 0 Å². The number of carboxylic acid groups (broad SMARTS) is 1. The zero-order chi connectivity index (χ0) is 12.3. The summed E-state index contributed by atoms with van der Waals surface area (Å²) in [5.41, 5.74) is -0.959. The largest absolute Gasteiger partial charge is 0.477 e. The second-order valence-electron chi connectivity index (χ2n) is 3.40. The molecule has 6 nitrogen and oxygen atoms in total. The molecule has 0 bridgehead atoms. The van der Waals surface area contributed by atoms with Gasteiger partial charge in [-0.05, 0) is 0 Å². The maximum atomic E-state index is 11.1. The Morgan fingerprint density at radius 1 is 1.50 bits per heavy atom. The van der Waals surface area contributed by atoms with Gasteiger partial charge in [0, 0.05) is 31.3 Å². The fraction of sp³-hybridized carbons (Fsp3) is 0.333. The third kappa shape index (κ3) is 3.50. The van der Waals surface area contributed by atoms with Crippen LogP contribution in [-0.4, -0.2) is 36.1 Å². The van der Waals surface area contributed by atoms with Gasteiger partial charge in [0.25, 0.3) is 0 Å². The van der Waals surface area contributed by atoms with Gasteiger partial charge in [-0.3, -0.25) is 4.79 Å². The summed E-state index contributed by atoms with van der Waals surface area (Å²) in [7, 11) is -3.11. The molecule has 0 aliphatic heterocycles. The second-order valence-corrected chi connectivity index (χ2v) is 5.66. The summed E-state index contributed by atoms with van der Waals surface area (Å²) in [5, 5.41) is 8.69. The SMILES string of the molecule is CS(=O)(=O)CCn1ccc(=O)c(C(=O)O)c1. The Hall–Kier alpha value is -1.63. The number of hydrogen-bond acceptors (Lipinski definition) is 4. The first-order chi connectivity index (χ1) is 7.29. The summed E-state index contributed by atoms with van der Waals surface area (Å²) in [6.45, 7) is 0.124. The number of aryl methyl sites for hydroxylation is 1. The van der Waals surface area contributed by atoms with Crippen LogP contribution < -0.4 is 5.43 Å². The van der Waals surface area contributed by atoms with Gasteiger partial charge in [0.15, 0.2) is 5.43 Å². The normalized spacial score (nSPS) is 11.3. The van der Waals surface area contributed by atoms with Crippen molar-refractivity contribution in [3.63, 3.8) is 0 Å². The number of hydrogen-bond donors (Lipinski definition) is 1. The molecular formula is C9H11NO5S. The molecule has 0 saturated carbocycles. The van der Waals surface area contributed by atoms with Crippen molar-refractivity contribution in [3.05, 3.63) is 34.2 Å². The van der Waals surface area contributed by atoms with Gasteiger partial charge in [0.1, 0.15) is 15.4 Å². The van der Waals surface area contributed by atoms with E-state index in [0.717, 1.165) is 18.5 Å². The van der Waals surface area contributed by atoms with Gasteiger partial charge in [-0.15, -0.1) is 0 Å². The summed E-state index contributed by atoms with van der Waals surface area (Å²) in [6.07, 6.45) is 3.59. The average molecular weight is 245 g/mol. The highest BCUT2D eigenvalue weighted by atomic mass is 32.2. The molecule has 0 spiro atoms. The van der Waals surface area contributed by atoms with Crippen LogP contribution in [0.5, 0.6) is 0 Å². The summed E-state index contributed by atoms with van der Waals surface area (Å²) < 4.78 is 23.2. The van der Waals surface area contributed by atoms with E-state index in [-0.39, 0.29) is 17.9 Å². The van der Waals surface area contributed by atoms with Crippen molar-refractivity contribution in [1.82, 2.24) is 4.57 Å². The first-order valence-corrected chi connectivity index (χ1v) is 6.47. The topological polar surface area (TPSA) is 93.4 Å². The van der Waals surface area contributed by atoms with Gasteiger partial charge >= 0.3 is 5.97 Å². The lowest BCUT2D eigenvalue weighted by molar-refractivity contribution is 0.0694. The Morgan fingerprint density at radius 3 is 2.62 bits per heavy atom. The van der Waals surface area contributed by atoms with Gasteiger partial charge in [-0.1, -0.05) is 0 Å². The molecule has 0 saturated heterocycles. The highest BCUT2D eigenvalue weighted by Crippen LogP contribution is 1.95. The number of nitrogens with zero attached hydrogens (tertiary/aromatic N) is 1. The van der Waals surface area contributed by atoms with E-state index in [0.29, 0.717) is 0 Å². The van der Waals surface area contributed by atoms with Crippen LogP contribution >= 0.6 is 0 Å². The number of aromatic nitrogens is 1. The van der Waals surface area contributed by atoms with Crippen molar-refractivity contribution >= 4 is 15.8 Å². The molecule has 0 fully saturated rings. The molecule has 0 atom stereocenters. The highest BCUT2D eigenvalue weighted by Gasteiger charge is 2.09. The summed E-state index contributed by atoms with van der Waals surface area (Å²) >= 11 is 0. The number of pyridine rings is 1. The number of aromatic carboxylic acids is 1. The first-order valence-electron chi connectivity index (χ1n) is 4.41.